The molecular formula is C17H15ClN6O2. The van der Waals surface area contributed by atoms with Gasteiger partial charge in [0.1, 0.15) is 12.3 Å². The van der Waals surface area contributed by atoms with Gasteiger partial charge in [0.15, 0.2) is 5.69 Å². The Balaban J connectivity index is 1.65. The molecule has 0 saturated carbocycles. The van der Waals surface area contributed by atoms with E-state index >= 15 is 0 Å². The summed E-state index contributed by atoms with van der Waals surface area (Å²) in [6, 6.07) is 8.75. The van der Waals surface area contributed by atoms with Gasteiger partial charge >= 0.3 is 0 Å². The van der Waals surface area contributed by atoms with Crippen LogP contribution in [0, 0.1) is 11.3 Å². The fourth-order valence-corrected chi connectivity index (χ4v) is 2.62. The van der Waals surface area contributed by atoms with Crippen LogP contribution < -0.4 is 11.1 Å². The van der Waals surface area contributed by atoms with Crippen LogP contribution in [0.1, 0.15) is 23.0 Å². The zero-order chi connectivity index (χ0) is 18.7. The van der Waals surface area contributed by atoms with E-state index in [0.717, 1.165) is 11.3 Å². The van der Waals surface area contributed by atoms with Crippen LogP contribution in [0.2, 0.25) is 5.02 Å². The van der Waals surface area contributed by atoms with Crippen molar-refractivity contribution < 1.29 is 9.21 Å². The molecule has 0 bridgehead atoms. The Labute approximate surface area is 154 Å². The second-order valence-electron chi connectivity index (χ2n) is 5.67. The van der Waals surface area contributed by atoms with Crippen molar-refractivity contribution in [2.45, 2.75) is 19.5 Å². The molecule has 0 aliphatic heterocycles. The van der Waals surface area contributed by atoms with Gasteiger partial charge in [-0.3, -0.25) is 9.48 Å². The number of nitriles is 1. The number of carbonyl (C=O) groups is 1. The summed E-state index contributed by atoms with van der Waals surface area (Å²) in [4.78, 5) is 15.8. The van der Waals surface area contributed by atoms with Crippen molar-refractivity contribution in [3.63, 3.8) is 0 Å². The van der Waals surface area contributed by atoms with E-state index in [4.69, 9.17) is 27.0 Å². The summed E-state index contributed by atoms with van der Waals surface area (Å²) in [5.41, 5.74) is 7.43. The highest BCUT2D eigenvalue weighted by atomic mass is 35.5. The van der Waals surface area contributed by atoms with E-state index in [1.807, 2.05) is 19.1 Å². The van der Waals surface area contributed by atoms with Crippen molar-refractivity contribution >= 4 is 23.5 Å². The van der Waals surface area contributed by atoms with Crippen LogP contribution in [0.15, 0.2) is 41.1 Å². The van der Waals surface area contributed by atoms with Gasteiger partial charge in [0, 0.05) is 17.8 Å². The summed E-state index contributed by atoms with van der Waals surface area (Å²) in [7, 11) is 0. The van der Waals surface area contributed by atoms with Gasteiger partial charge in [-0.2, -0.15) is 15.3 Å². The average molecular weight is 371 g/mol. The molecule has 9 heteroatoms. The number of carbonyl (C=O) groups excluding carboxylic acids is 1. The van der Waals surface area contributed by atoms with E-state index in [1.54, 1.807) is 29.1 Å². The first-order chi connectivity index (χ1) is 12.5. The van der Waals surface area contributed by atoms with Gasteiger partial charge in [-0.15, -0.1) is 0 Å². The number of nitrogens with two attached hydrogens (primary N) is 1. The van der Waals surface area contributed by atoms with Crippen LogP contribution in [0.25, 0.3) is 11.3 Å². The quantitative estimate of drug-likeness (QED) is 0.711. The number of anilines is 1. The van der Waals surface area contributed by atoms with E-state index in [-0.39, 0.29) is 23.7 Å². The summed E-state index contributed by atoms with van der Waals surface area (Å²) in [5.74, 6) is -0.371. The standard InChI is InChI=1S/C17H15ClN6O2/c1-10(21-16(25)15-9-26-17(20)22-15)8-24-5-4-14(23-24)11-2-3-12(7-19)13(18)6-11/h2-6,9-10H,8H2,1H3,(H2,20,22)(H,21,25)/t10-/m0/s1. The molecule has 1 amide bonds. The lowest BCUT2D eigenvalue weighted by Crippen LogP contribution is -2.36. The zero-order valence-corrected chi connectivity index (χ0v) is 14.6. The monoisotopic (exact) mass is 370 g/mol. The summed E-state index contributed by atoms with van der Waals surface area (Å²) < 4.78 is 6.53. The minimum absolute atomic E-state index is 0.0550. The van der Waals surface area contributed by atoms with Crippen molar-refractivity contribution in [1.82, 2.24) is 20.1 Å². The van der Waals surface area contributed by atoms with E-state index in [9.17, 15) is 4.79 Å². The maximum absolute atomic E-state index is 12.0. The number of halogens is 1. The number of nitrogens with one attached hydrogen (secondary N) is 1. The molecular weight excluding hydrogens is 356 g/mol. The number of nitrogens with zero attached hydrogens (tertiary/aromatic N) is 4. The van der Waals surface area contributed by atoms with Crippen LogP contribution in [-0.2, 0) is 6.54 Å². The van der Waals surface area contributed by atoms with Crippen LogP contribution in [-0.4, -0.2) is 26.7 Å². The minimum Gasteiger partial charge on any atom is -0.431 e. The van der Waals surface area contributed by atoms with E-state index < -0.39 is 0 Å². The lowest BCUT2D eigenvalue weighted by molar-refractivity contribution is 0.0931. The zero-order valence-electron chi connectivity index (χ0n) is 13.8. The molecule has 3 aromatic rings. The number of amides is 1. The van der Waals surface area contributed by atoms with Crippen LogP contribution in [0.3, 0.4) is 0 Å². The predicted molar refractivity (Wildman–Crippen MR) is 95.2 cm³/mol. The molecule has 0 aliphatic rings. The molecule has 0 aliphatic carbocycles. The van der Waals surface area contributed by atoms with E-state index in [0.29, 0.717) is 17.1 Å². The smallest absolute Gasteiger partial charge is 0.292 e. The van der Waals surface area contributed by atoms with Gasteiger partial charge in [0.25, 0.3) is 11.9 Å². The van der Waals surface area contributed by atoms with Crippen molar-refractivity contribution in [2.24, 2.45) is 0 Å². The van der Waals surface area contributed by atoms with Gasteiger partial charge in [-0.25, -0.2) is 0 Å². The van der Waals surface area contributed by atoms with E-state index in [1.165, 1.54) is 6.26 Å². The summed E-state index contributed by atoms with van der Waals surface area (Å²) in [5, 5.41) is 16.6. The fraction of sp³-hybridized carbons (Fsp3) is 0.176. The minimum atomic E-state index is -0.371. The second-order valence-corrected chi connectivity index (χ2v) is 6.08. The number of aromatic nitrogens is 3. The third-order valence-corrected chi connectivity index (χ3v) is 3.93. The molecule has 0 radical (unpaired) electrons. The topological polar surface area (TPSA) is 123 Å². The molecule has 0 saturated heterocycles. The molecule has 2 aromatic heterocycles. The van der Waals surface area contributed by atoms with Crippen LogP contribution in [0.4, 0.5) is 6.01 Å². The first-order valence-corrected chi connectivity index (χ1v) is 8.09. The van der Waals surface area contributed by atoms with Gasteiger partial charge in [0.2, 0.25) is 0 Å². The Morgan fingerprint density at radius 2 is 2.31 bits per heavy atom. The lowest BCUT2D eigenvalue weighted by atomic mass is 10.1. The molecule has 0 fully saturated rings. The first kappa shape index (κ1) is 17.5. The van der Waals surface area contributed by atoms with E-state index in [2.05, 4.69) is 15.4 Å². The third kappa shape index (κ3) is 3.84. The number of rotatable bonds is 5. The van der Waals surface area contributed by atoms with Crippen molar-refractivity contribution in [3.8, 4) is 17.3 Å². The average Bonchev–Trinajstić information content (AvgIpc) is 3.24. The maximum Gasteiger partial charge on any atom is 0.292 e. The van der Waals surface area contributed by atoms with Crippen LogP contribution in [0.5, 0.6) is 0 Å². The molecule has 0 spiro atoms. The normalized spacial score (nSPS) is 11.7. The predicted octanol–water partition coefficient (Wildman–Crippen LogP) is 2.46. The lowest BCUT2D eigenvalue weighted by Gasteiger charge is -2.12. The second kappa shape index (κ2) is 7.29. The number of oxazole rings is 1. The highest BCUT2D eigenvalue weighted by Crippen LogP contribution is 2.24. The molecule has 1 atom stereocenters. The van der Waals surface area contributed by atoms with Gasteiger partial charge in [0.05, 0.1) is 22.8 Å². The molecule has 26 heavy (non-hydrogen) atoms. The Morgan fingerprint density at radius 3 is 2.96 bits per heavy atom. The Hall–Kier alpha value is -3.31. The van der Waals surface area contributed by atoms with Crippen molar-refractivity contribution in [3.05, 3.63) is 53.0 Å². The first-order valence-electron chi connectivity index (χ1n) is 7.71. The maximum atomic E-state index is 12.0. The third-order valence-electron chi connectivity index (χ3n) is 3.62. The van der Waals surface area contributed by atoms with Crippen molar-refractivity contribution in [2.75, 3.05) is 5.73 Å². The van der Waals surface area contributed by atoms with Gasteiger partial charge in [-0.1, -0.05) is 17.7 Å². The summed E-state index contributed by atoms with van der Waals surface area (Å²) in [6.07, 6.45) is 3.01. The Kier molecular flexibility index (Phi) is 4.91. The van der Waals surface area contributed by atoms with Gasteiger partial charge < -0.3 is 15.5 Å². The largest absolute Gasteiger partial charge is 0.431 e. The van der Waals surface area contributed by atoms with Crippen molar-refractivity contribution in [1.29, 1.82) is 5.26 Å². The highest BCUT2D eigenvalue weighted by molar-refractivity contribution is 6.32. The number of hydrogen-bond donors (Lipinski definition) is 2. The summed E-state index contributed by atoms with van der Waals surface area (Å²) >= 11 is 6.06. The molecule has 0 unspecified atom stereocenters. The molecule has 1 aromatic carbocycles. The Bertz CT molecular complexity index is 987. The van der Waals surface area contributed by atoms with Crippen LogP contribution >= 0.6 is 11.6 Å². The molecule has 3 rings (SSSR count). The number of hydrogen-bond acceptors (Lipinski definition) is 6. The number of nitrogen functional groups attached to an aromatic ring is 1. The summed E-state index contributed by atoms with van der Waals surface area (Å²) in [6.45, 7) is 2.31. The molecule has 132 valence electrons. The Morgan fingerprint density at radius 1 is 1.50 bits per heavy atom. The SMILES string of the molecule is C[C@@H](Cn1ccc(-c2ccc(C#N)c(Cl)c2)n1)NC(=O)c1coc(N)n1. The molecule has 2 heterocycles. The number of benzene rings is 1. The highest BCUT2D eigenvalue weighted by Gasteiger charge is 2.15. The fourth-order valence-electron chi connectivity index (χ4n) is 2.40. The molecule has 8 nitrogen and oxygen atoms in total. The molecule has 3 N–H and O–H groups in total. The van der Waals surface area contributed by atoms with Gasteiger partial charge in [-0.05, 0) is 25.1 Å².